The van der Waals surface area contributed by atoms with E-state index in [0.717, 1.165) is 16.8 Å². The van der Waals surface area contributed by atoms with Crippen LogP contribution in [0.5, 0.6) is 0 Å². The fourth-order valence-corrected chi connectivity index (χ4v) is 2.44. The number of anilines is 1. The number of hydrogen-bond acceptors (Lipinski definition) is 4. The highest BCUT2D eigenvalue weighted by Crippen LogP contribution is 2.27. The monoisotopic (exact) mass is 329 g/mol. The van der Waals surface area contributed by atoms with Crippen LogP contribution >= 0.6 is 0 Å². The third kappa shape index (κ3) is 3.85. The number of carbonyl (C=O) groups is 2. The summed E-state index contributed by atoms with van der Waals surface area (Å²) in [6.45, 7) is 9.29. The number of ether oxygens (including phenoxy) is 1. The number of carbonyl (C=O) groups excluding carboxylic acids is 2. The lowest BCUT2D eigenvalue weighted by molar-refractivity contribution is -0.123. The first-order valence-corrected chi connectivity index (χ1v) is 7.96. The van der Waals surface area contributed by atoms with Crippen molar-refractivity contribution in [2.75, 3.05) is 5.32 Å². The van der Waals surface area contributed by atoms with Crippen molar-refractivity contribution < 1.29 is 18.7 Å². The molecule has 2 rings (SSSR count). The van der Waals surface area contributed by atoms with Gasteiger partial charge in [-0.3, -0.25) is 4.79 Å². The number of hydrogen-bond donors (Lipinski definition) is 1. The lowest BCUT2D eigenvalue weighted by atomic mass is 9.98. The Morgan fingerprint density at radius 3 is 2.42 bits per heavy atom. The summed E-state index contributed by atoms with van der Waals surface area (Å²) >= 11 is 0. The van der Waals surface area contributed by atoms with Crippen molar-refractivity contribution in [3.8, 4) is 0 Å². The Morgan fingerprint density at radius 1 is 1.12 bits per heavy atom. The van der Waals surface area contributed by atoms with E-state index >= 15 is 0 Å². The van der Waals surface area contributed by atoms with Crippen LogP contribution in [0.15, 0.2) is 34.9 Å². The van der Waals surface area contributed by atoms with E-state index in [9.17, 15) is 9.59 Å². The zero-order chi connectivity index (χ0) is 17.9. The molecular weight excluding hydrogens is 306 g/mol. The van der Waals surface area contributed by atoms with E-state index in [1.807, 2.05) is 25.1 Å². The number of aryl methyl sites for hydroxylation is 2. The fraction of sp³-hybridized carbons (Fsp3) is 0.368. The van der Waals surface area contributed by atoms with Gasteiger partial charge in [0.1, 0.15) is 11.3 Å². The quantitative estimate of drug-likeness (QED) is 0.835. The predicted octanol–water partition coefficient (Wildman–Crippen LogP) is 4.20. The van der Waals surface area contributed by atoms with Gasteiger partial charge in [-0.2, -0.15) is 0 Å². The summed E-state index contributed by atoms with van der Waals surface area (Å²) in [6.07, 6.45) is 0.505. The highest BCUT2D eigenvalue weighted by atomic mass is 16.5. The van der Waals surface area contributed by atoms with Gasteiger partial charge in [0.25, 0.3) is 5.91 Å². The normalized spacial score (nSPS) is 12.1. The molecule has 0 aliphatic rings. The lowest BCUT2D eigenvalue weighted by Gasteiger charge is -2.19. The first-order valence-electron chi connectivity index (χ1n) is 7.96. The first kappa shape index (κ1) is 17.8. The number of esters is 1. The second-order valence-corrected chi connectivity index (χ2v) is 6.12. The van der Waals surface area contributed by atoms with Gasteiger partial charge in [0.2, 0.25) is 0 Å². The zero-order valence-electron chi connectivity index (χ0n) is 14.7. The lowest BCUT2D eigenvalue weighted by Crippen LogP contribution is -2.30. The summed E-state index contributed by atoms with van der Waals surface area (Å²) in [5.74, 6) is -0.196. The minimum Gasteiger partial charge on any atom is -0.469 e. The van der Waals surface area contributed by atoms with Crippen molar-refractivity contribution in [1.82, 2.24) is 0 Å². The van der Waals surface area contributed by atoms with Crippen LogP contribution in [-0.2, 0) is 9.53 Å². The topological polar surface area (TPSA) is 68.5 Å². The maximum atomic E-state index is 12.4. The number of furan rings is 1. The first-order chi connectivity index (χ1) is 11.3. The van der Waals surface area contributed by atoms with Gasteiger partial charge >= 0.3 is 5.97 Å². The van der Waals surface area contributed by atoms with Crippen LogP contribution in [0.4, 0.5) is 5.69 Å². The summed E-state index contributed by atoms with van der Waals surface area (Å²) in [7, 11) is 0. The minimum absolute atomic E-state index is 0.270. The van der Waals surface area contributed by atoms with Gasteiger partial charge in [0.15, 0.2) is 6.10 Å². The van der Waals surface area contributed by atoms with E-state index < -0.39 is 12.1 Å². The fourth-order valence-electron chi connectivity index (χ4n) is 2.44. The predicted molar refractivity (Wildman–Crippen MR) is 92.2 cm³/mol. The summed E-state index contributed by atoms with van der Waals surface area (Å²) in [4.78, 5) is 24.5. The molecule has 5 nitrogen and oxygen atoms in total. The van der Waals surface area contributed by atoms with Crippen molar-refractivity contribution in [1.29, 1.82) is 0 Å². The van der Waals surface area contributed by atoms with Crippen LogP contribution < -0.4 is 5.32 Å². The standard InChI is InChI=1S/C19H23NO4/c1-11(2)15-8-6-7-12(3)17(15)20-18(21)14(5)24-19(22)16-9-10-23-13(16)4/h6-11,14H,1-5H3,(H,20,21)/t14-/m0/s1. The Kier molecular flexibility index (Phi) is 5.44. The molecule has 5 heteroatoms. The Labute approximate surface area is 142 Å². The molecule has 0 saturated heterocycles. The van der Waals surface area contributed by atoms with Gasteiger partial charge in [-0.1, -0.05) is 32.0 Å². The summed E-state index contributed by atoms with van der Waals surface area (Å²) in [6, 6.07) is 7.41. The molecule has 0 saturated carbocycles. The highest BCUT2D eigenvalue weighted by Gasteiger charge is 2.22. The van der Waals surface area contributed by atoms with Gasteiger partial charge in [-0.15, -0.1) is 0 Å². The van der Waals surface area contributed by atoms with Crippen LogP contribution in [-0.4, -0.2) is 18.0 Å². The number of benzene rings is 1. The van der Waals surface area contributed by atoms with Crippen molar-refractivity contribution in [3.05, 3.63) is 53.0 Å². The van der Waals surface area contributed by atoms with E-state index in [2.05, 4.69) is 19.2 Å². The SMILES string of the molecule is Cc1cccc(C(C)C)c1NC(=O)[C@H](C)OC(=O)c1ccoc1C. The summed E-state index contributed by atoms with van der Waals surface area (Å²) < 4.78 is 10.3. The highest BCUT2D eigenvalue weighted by molar-refractivity contribution is 5.98. The largest absolute Gasteiger partial charge is 0.469 e. The van der Waals surface area contributed by atoms with Crippen LogP contribution in [0, 0.1) is 13.8 Å². The third-order valence-electron chi connectivity index (χ3n) is 3.91. The van der Waals surface area contributed by atoms with E-state index in [0.29, 0.717) is 11.3 Å². The van der Waals surface area contributed by atoms with Crippen LogP contribution in [0.2, 0.25) is 0 Å². The number of para-hydroxylation sites is 1. The molecule has 0 fully saturated rings. The van der Waals surface area contributed by atoms with Crippen molar-refractivity contribution in [3.63, 3.8) is 0 Å². The molecule has 1 aromatic heterocycles. The number of nitrogens with one attached hydrogen (secondary N) is 1. The molecule has 1 aromatic carbocycles. The molecule has 0 aliphatic carbocycles. The second-order valence-electron chi connectivity index (χ2n) is 6.12. The van der Waals surface area contributed by atoms with E-state index in [1.165, 1.54) is 12.3 Å². The molecule has 1 N–H and O–H groups in total. The third-order valence-corrected chi connectivity index (χ3v) is 3.91. The molecule has 0 bridgehead atoms. The Bertz CT molecular complexity index is 746. The number of rotatable bonds is 5. The minimum atomic E-state index is -0.911. The van der Waals surface area contributed by atoms with Crippen LogP contribution in [0.25, 0.3) is 0 Å². The molecule has 24 heavy (non-hydrogen) atoms. The molecule has 1 heterocycles. The molecular formula is C19H23NO4. The smallest absolute Gasteiger partial charge is 0.342 e. The second kappa shape index (κ2) is 7.34. The maximum absolute atomic E-state index is 12.4. The zero-order valence-corrected chi connectivity index (χ0v) is 14.7. The average molecular weight is 329 g/mol. The van der Waals surface area contributed by atoms with Crippen molar-refractivity contribution >= 4 is 17.6 Å². The Hall–Kier alpha value is -2.56. The summed E-state index contributed by atoms with van der Waals surface area (Å²) in [5, 5.41) is 2.89. The van der Waals surface area contributed by atoms with Crippen LogP contribution in [0.1, 0.15) is 53.9 Å². The van der Waals surface area contributed by atoms with Crippen molar-refractivity contribution in [2.45, 2.75) is 46.6 Å². The maximum Gasteiger partial charge on any atom is 0.342 e. The van der Waals surface area contributed by atoms with Crippen LogP contribution in [0.3, 0.4) is 0 Å². The molecule has 128 valence electrons. The van der Waals surface area contributed by atoms with Gasteiger partial charge in [0, 0.05) is 5.69 Å². The summed E-state index contributed by atoms with van der Waals surface area (Å²) in [5.41, 5.74) is 3.12. The van der Waals surface area contributed by atoms with Gasteiger partial charge in [-0.25, -0.2) is 4.79 Å². The Balaban J connectivity index is 2.10. The van der Waals surface area contributed by atoms with Gasteiger partial charge < -0.3 is 14.5 Å². The van der Waals surface area contributed by atoms with E-state index in [1.54, 1.807) is 13.8 Å². The van der Waals surface area contributed by atoms with Gasteiger partial charge in [-0.05, 0) is 43.9 Å². The molecule has 0 unspecified atom stereocenters. The molecule has 0 spiro atoms. The van der Waals surface area contributed by atoms with E-state index in [-0.39, 0.29) is 11.8 Å². The van der Waals surface area contributed by atoms with E-state index in [4.69, 9.17) is 9.15 Å². The number of amides is 1. The average Bonchev–Trinajstić information content (AvgIpc) is 2.95. The molecule has 0 aliphatic heterocycles. The molecule has 0 radical (unpaired) electrons. The van der Waals surface area contributed by atoms with Crippen molar-refractivity contribution in [2.24, 2.45) is 0 Å². The molecule has 1 atom stereocenters. The van der Waals surface area contributed by atoms with Gasteiger partial charge in [0.05, 0.1) is 6.26 Å². The molecule has 1 amide bonds. The molecule has 2 aromatic rings. The Morgan fingerprint density at radius 2 is 1.83 bits per heavy atom.